The second kappa shape index (κ2) is 4.86. The minimum Gasteiger partial charge on any atom is -0.477 e. The van der Waals surface area contributed by atoms with Crippen molar-refractivity contribution in [1.82, 2.24) is 4.98 Å². The molecule has 1 saturated heterocycles. The summed E-state index contributed by atoms with van der Waals surface area (Å²) >= 11 is 3.20. The highest BCUT2D eigenvalue weighted by molar-refractivity contribution is 8.00. The van der Waals surface area contributed by atoms with Gasteiger partial charge in [0.1, 0.15) is 4.88 Å². The minimum absolute atomic E-state index is 0.267. The van der Waals surface area contributed by atoms with Gasteiger partial charge in [-0.1, -0.05) is 11.3 Å². The van der Waals surface area contributed by atoms with E-state index in [-0.39, 0.29) is 4.75 Å². The van der Waals surface area contributed by atoms with Gasteiger partial charge in [-0.25, -0.2) is 9.78 Å². The van der Waals surface area contributed by atoms with Crippen LogP contribution in [0.2, 0.25) is 0 Å². The fourth-order valence-electron chi connectivity index (χ4n) is 1.91. The number of hydrogen-bond donors (Lipinski definition) is 2. The number of thioether (sulfide) groups is 1. The van der Waals surface area contributed by atoms with Gasteiger partial charge in [-0.3, -0.25) is 0 Å². The number of nitrogens with zero attached hydrogens (tertiary/aromatic N) is 1. The van der Waals surface area contributed by atoms with Gasteiger partial charge in [0.2, 0.25) is 0 Å². The summed E-state index contributed by atoms with van der Waals surface area (Å²) in [4.78, 5) is 15.5. The number of thiazole rings is 1. The van der Waals surface area contributed by atoms with E-state index in [2.05, 4.69) is 17.2 Å². The molecule has 0 saturated carbocycles. The Morgan fingerprint density at radius 3 is 2.94 bits per heavy atom. The van der Waals surface area contributed by atoms with Crippen LogP contribution in [0.5, 0.6) is 0 Å². The molecule has 1 aromatic rings. The molecule has 1 atom stereocenters. The third kappa shape index (κ3) is 2.93. The molecule has 1 unspecified atom stereocenters. The molecule has 17 heavy (non-hydrogen) atoms. The monoisotopic (exact) mass is 272 g/mol. The van der Waals surface area contributed by atoms with Crippen LogP contribution in [0.1, 0.15) is 35.1 Å². The summed E-state index contributed by atoms with van der Waals surface area (Å²) in [6.07, 6.45) is 2.47. The lowest BCUT2D eigenvalue weighted by Crippen LogP contribution is -2.26. The van der Waals surface area contributed by atoms with E-state index in [9.17, 15) is 4.79 Å². The molecule has 6 heteroatoms. The van der Waals surface area contributed by atoms with Crippen molar-refractivity contribution in [2.75, 3.05) is 17.6 Å². The number of carboxylic acids is 1. The number of carboxylic acid groups (broad SMARTS) is 1. The van der Waals surface area contributed by atoms with Gasteiger partial charge < -0.3 is 10.4 Å². The van der Waals surface area contributed by atoms with Crippen LogP contribution >= 0.6 is 23.1 Å². The molecule has 0 spiro atoms. The molecule has 1 fully saturated rings. The Labute approximate surface area is 109 Å². The van der Waals surface area contributed by atoms with Gasteiger partial charge in [-0.2, -0.15) is 11.8 Å². The third-order valence-electron chi connectivity index (χ3n) is 2.90. The van der Waals surface area contributed by atoms with Crippen molar-refractivity contribution in [3.63, 3.8) is 0 Å². The number of aromatic carboxylic acids is 1. The highest BCUT2D eigenvalue weighted by Crippen LogP contribution is 2.38. The van der Waals surface area contributed by atoms with Crippen molar-refractivity contribution in [3.05, 3.63) is 10.6 Å². The zero-order valence-electron chi connectivity index (χ0n) is 9.95. The van der Waals surface area contributed by atoms with Crippen LogP contribution in [0.4, 0.5) is 5.13 Å². The first-order valence-corrected chi connectivity index (χ1v) is 7.39. The summed E-state index contributed by atoms with van der Waals surface area (Å²) in [7, 11) is 0. The molecule has 0 amide bonds. The molecular formula is C11H16N2O2S2. The minimum atomic E-state index is -0.894. The van der Waals surface area contributed by atoms with E-state index in [1.165, 1.54) is 29.9 Å². The number of anilines is 1. The van der Waals surface area contributed by atoms with E-state index in [0.29, 0.717) is 15.7 Å². The van der Waals surface area contributed by atoms with Gasteiger partial charge in [0.05, 0.1) is 5.69 Å². The predicted molar refractivity (Wildman–Crippen MR) is 72.4 cm³/mol. The Balaban J connectivity index is 1.99. The van der Waals surface area contributed by atoms with Crippen LogP contribution in [0, 0.1) is 6.92 Å². The number of nitrogens with one attached hydrogen (secondary N) is 1. The molecule has 0 aromatic carbocycles. The summed E-state index contributed by atoms with van der Waals surface area (Å²) in [5, 5.41) is 12.9. The maximum absolute atomic E-state index is 10.9. The van der Waals surface area contributed by atoms with E-state index in [1.54, 1.807) is 6.92 Å². The molecule has 2 heterocycles. The van der Waals surface area contributed by atoms with Gasteiger partial charge >= 0.3 is 5.97 Å². The van der Waals surface area contributed by atoms with Gasteiger partial charge in [0, 0.05) is 11.3 Å². The maximum Gasteiger partial charge on any atom is 0.347 e. The summed E-state index contributed by atoms with van der Waals surface area (Å²) in [6, 6.07) is 0. The van der Waals surface area contributed by atoms with Crippen LogP contribution in [-0.2, 0) is 0 Å². The van der Waals surface area contributed by atoms with E-state index in [0.717, 1.165) is 6.54 Å². The largest absolute Gasteiger partial charge is 0.477 e. The molecule has 0 radical (unpaired) electrons. The van der Waals surface area contributed by atoms with Crippen molar-refractivity contribution in [2.45, 2.75) is 31.4 Å². The van der Waals surface area contributed by atoms with Crippen LogP contribution in [0.15, 0.2) is 0 Å². The second-order valence-corrected chi connectivity index (χ2v) is 7.18. The average Bonchev–Trinajstić information content (AvgIpc) is 2.83. The van der Waals surface area contributed by atoms with Crippen molar-refractivity contribution < 1.29 is 9.90 Å². The molecule has 1 aliphatic rings. The van der Waals surface area contributed by atoms with Gasteiger partial charge in [0.15, 0.2) is 5.13 Å². The number of carbonyl (C=O) groups is 1. The smallest absolute Gasteiger partial charge is 0.347 e. The highest BCUT2D eigenvalue weighted by Gasteiger charge is 2.29. The van der Waals surface area contributed by atoms with E-state index in [1.807, 2.05) is 11.8 Å². The highest BCUT2D eigenvalue weighted by atomic mass is 32.2. The molecule has 2 rings (SSSR count). The van der Waals surface area contributed by atoms with Crippen molar-refractivity contribution in [3.8, 4) is 0 Å². The van der Waals surface area contributed by atoms with Crippen LogP contribution < -0.4 is 5.32 Å². The quantitative estimate of drug-likeness (QED) is 0.882. The summed E-state index contributed by atoms with van der Waals surface area (Å²) in [6.45, 7) is 4.83. The topological polar surface area (TPSA) is 62.2 Å². The van der Waals surface area contributed by atoms with Crippen molar-refractivity contribution in [2.24, 2.45) is 0 Å². The Hall–Kier alpha value is -0.750. The number of hydrogen-bond acceptors (Lipinski definition) is 5. The average molecular weight is 272 g/mol. The summed E-state index contributed by atoms with van der Waals surface area (Å²) in [5.74, 6) is 0.324. The molecule has 1 aliphatic heterocycles. The summed E-state index contributed by atoms with van der Waals surface area (Å²) in [5.41, 5.74) is 0.592. The van der Waals surface area contributed by atoms with Gasteiger partial charge in [0.25, 0.3) is 0 Å². The van der Waals surface area contributed by atoms with E-state index >= 15 is 0 Å². The SMILES string of the molecule is Cc1nc(NCC2(C)CCCS2)sc1C(=O)O. The lowest BCUT2D eigenvalue weighted by Gasteiger charge is -2.22. The second-order valence-electron chi connectivity index (χ2n) is 4.49. The van der Waals surface area contributed by atoms with Gasteiger partial charge in [-0.05, 0) is 32.4 Å². The van der Waals surface area contributed by atoms with E-state index in [4.69, 9.17) is 5.11 Å². The molecule has 94 valence electrons. The Bertz CT molecular complexity index is 425. The lowest BCUT2D eigenvalue weighted by atomic mass is 10.1. The van der Waals surface area contributed by atoms with E-state index < -0.39 is 5.97 Å². The number of aromatic nitrogens is 1. The Morgan fingerprint density at radius 1 is 1.65 bits per heavy atom. The molecule has 2 N–H and O–H groups in total. The molecule has 4 nitrogen and oxygen atoms in total. The van der Waals surface area contributed by atoms with Crippen LogP contribution in [0.3, 0.4) is 0 Å². The fourth-order valence-corrected chi connectivity index (χ4v) is 3.95. The summed E-state index contributed by atoms with van der Waals surface area (Å²) < 4.78 is 0.267. The van der Waals surface area contributed by atoms with Crippen molar-refractivity contribution >= 4 is 34.2 Å². The number of rotatable bonds is 4. The Kier molecular flexibility index (Phi) is 3.63. The number of aryl methyl sites for hydroxylation is 1. The van der Waals surface area contributed by atoms with Gasteiger partial charge in [-0.15, -0.1) is 0 Å². The standard InChI is InChI=1S/C11H16N2O2S2/c1-7-8(9(14)15)17-10(13-7)12-6-11(2)4-3-5-16-11/h3-6H2,1-2H3,(H,12,13)(H,14,15). The zero-order chi connectivity index (χ0) is 12.5. The first-order valence-electron chi connectivity index (χ1n) is 5.59. The Morgan fingerprint density at radius 2 is 2.41 bits per heavy atom. The molecule has 0 aliphatic carbocycles. The first kappa shape index (κ1) is 12.7. The fraction of sp³-hybridized carbons (Fsp3) is 0.636. The molecule has 0 bridgehead atoms. The maximum atomic E-state index is 10.9. The third-order valence-corrected chi connectivity index (χ3v) is 5.55. The molecular weight excluding hydrogens is 256 g/mol. The zero-order valence-corrected chi connectivity index (χ0v) is 11.6. The normalized spacial score (nSPS) is 23.9. The van der Waals surface area contributed by atoms with Crippen molar-refractivity contribution in [1.29, 1.82) is 0 Å². The first-order chi connectivity index (χ1) is 8.00. The van der Waals surface area contributed by atoms with Crippen LogP contribution in [-0.4, -0.2) is 33.1 Å². The lowest BCUT2D eigenvalue weighted by molar-refractivity contribution is 0.0701. The predicted octanol–water partition coefficient (Wildman–Crippen LogP) is 2.85. The molecule has 1 aromatic heterocycles. The van der Waals surface area contributed by atoms with Crippen LogP contribution in [0.25, 0.3) is 0 Å².